The van der Waals surface area contributed by atoms with Gasteiger partial charge in [0.1, 0.15) is 5.82 Å². The van der Waals surface area contributed by atoms with Gasteiger partial charge in [-0.05, 0) is 31.9 Å². The molecule has 3 rings (SSSR count). The maximum atomic E-state index is 4.72. The zero-order valence-corrected chi connectivity index (χ0v) is 12.6. The van der Waals surface area contributed by atoms with E-state index in [0.29, 0.717) is 0 Å². The molecular weight excluding hydrogens is 302 g/mol. The summed E-state index contributed by atoms with van der Waals surface area (Å²) in [7, 11) is 0. The molecule has 100 valence electrons. The molecule has 1 aromatic heterocycles. The minimum atomic E-state index is 0.764. The number of hydrogen-bond donors (Lipinski definition) is 2. The molecule has 0 amide bonds. The standard InChI is InChI=1S/C15H18BrN3/c1-10-15(11-3-2-4-12(16)9-11)19-14(18-10)7-8-17-13-5-6-13/h2-4,9,13,17H,5-8H2,1H3,(H,18,19). The average molecular weight is 320 g/mol. The third-order valence-corrected chi connectivity index (χ3v) is 3.90. The van der Waals surface area contributed by atoms with E-state index in [9.17, 15) is 0 Å². The molecule has 4 heteroatoms. The Hall–Kier alpha value is -1.13. The fourth-order valence-corrected chi connectivity index (χ4v) is 2.64. The van der Waals surface area contributed by atoms with Gasteiger partial charge in [0, 0.05) is 34.7 Å². The lowest BCUT2D eigenvalue weighted by molar-refractivity contribution is 0.669. The molecule has 1 aromatic carbocycles. The molecule has 19 heavy (non-hydrogen) atoms. The topological polar surface area (TPSA) is 40.7 Å². The molecule has 2 N–H and O–H groups in total. The van der Waals surface area contributed by atoms with Crippen LogP contribution in [0.5, 0.6) is 0 Å². The first-order valence-corrected chi connectivity index (χ1v) is 7.56. The number of nitrogens with one attached hydrogen (secondary N) is 2. The first kappa shape index (κ1) is 12.9. The van der Waals surface area contributed by atoms with Gasteiger partial charge in [-0.15, -0.1) is 0 Å². The number of aromatic amines is 1. The average Bonchev–Trinajstić information content (AvgIpc) is 3.12. The van der Waals surface area contributed by atoms with Gasteiger partial charge in [-0.1, -0.05) is 28.1 Å². The predicted octanol–water partition coefficient (Wildman–Crippen LogP) is 3.44. The van der Waals surface area contributed by atoms with Gasteiger partial charge in [-0.25, -0.2) is 4.98 Å². The first-order chi connectivity index (χ1) is 9.22. The molecule has 1 heterocycles. The molecule has 0 spiro atoms. The number of benzene rings is 1. The number of hydrogen-bond acceptors (Lipinski definition) is 2. The van der Waals surface area contributed by atoms with Gasteiger partial charge >= 0.3 is 0 Å². The molecule has 3 nitrogen and oxygen atoms in total. The highest BCUT2D eigenvalue weighted by Gasteiger charge is 2.20. The van der Waals surface area contributed by atoms with Crippen LogP contribution < -0.4 is 5.32 Å². The monoisotopic (exact) mass is 319 g/mol. The van der Waals surface area contributed by atoms with Crippen LogP contribution in [-0.2, 0) is 6.42 Å². The Morgan fingerprint density at radius 1 is 1.42 bits per heavy atom. The Kier molecular flexibility index (Phi) is 3.71. The summed E-state index contributed by atoms with van der Waals surface area (Å²) >= 11 is 3.51. The summed E-state index contributed by atoms with van der Waals surface area (Å²) in [5, 5.41) is 3.52. The van der Waals surface area contributed by atoms with E-state index in [4.69, 9.17) is 4.98 Å². The van der Waals surface area contributed by atoms with E-state index in [-0.39, 0.29) is 0 Å². The lowest BCUT2D eigenvalue weighted by Gasteiger charge is -1.99. The largest absolute Gasteiger partial charge is 0.346 e. The smallest absolute Gasteiger partial charge is 0.108 e. The van der Waals surface area contributed by atoms with Gasteiger partial charge in [0.15, 0.2) is 0 Å². The summed E-state index contributed by atoms with van der Waals surface area (Å²) in [5.74, 6) is 1.07. The first-order valence-electron chi connectivity index (χ1n) is 6.77. The Bertz CT molecular complexity index is 573. The SMILES string of the molecule is Cc1[nH]c(CCNC2CC2)nc1-c1cccc(Br)c1. The maximum absolute atomic E-state index is 4.72. The van der Waals surface area contributed by atoms with Crippen LogP contribution in [0.25, 0.3) is 11.3 Å². The summed E-state index contributed by atoms with van der Waals surface area (Å²) in [5.41, 5.74) is 3.35. The molecule has 0 bridgehead atoms. The van der Waals surface area contributed by atoms with Crippen molar-refractivity contribution in [3.63, 3.8) is 0 Å². The van der Waals surface area contributed by atoms with E-state index in [1.165, 1.54) is 12.8 Å². The third-order valence-electron chi connectivity index (χ3n) is 3.40. The van der Waals surface area contributed by atoms with Crippen LogP contribution in [0.3, 0.4) is 0 Å². The number of aromatic nitrogens is 2. The van der Waals surface area contributed by atoms with Crippen molar-refractivity contribution in [1.29, 1.82) is 0 Å². The molecule has 1 aliphatic rings. The van der Waals surface area contributed by atoms with Crippen molar-refractivity contribution >= 4 is 15.9 Å². The van der Waals surface area contributed by atoms with E-state index < -0.39 is 0 Å². The van der Waals surface area contributed by atoms with Crippen molar-refractivity contribution in [2.24, 2.45) is 0 Å². The van der Waals surface area contributed by atoms with Crippen LogP contribution in [0.15, 0.2) is 28.7 Å². The maximum Gasteiger partial charge on any atom is 0.108 e. The van der Waals surface area contributed by atoms with Crippen LogP contribution in [0.1, 0.15) is 24.4 Å². The van der Waals surface area contributed by atoms with Gasteiger partial charge in [0.25, 0.3) is 0 Å². The van der Waals surface area contributed by atoms with Crippen molar-refractivity contribution in [2.45, 2.75) is 32.2 Å². The zero-order chi connectivity index (χ0) is 13.2. The Labute approximate surface area is 122 Å². The minimum absolute atomic E-state index is 0.764. The normalized spacial score (nSPS) is 14.8. The van der Waals surface area contributed by atoms with Crippen molar-refractivity contribution in [3.05, 3.63) is 40.3 Å². The van der Waals surface area contributed by atoms with Crippen molar-refractivity contribution < 1.29 is 0 Å². The number of rotatable bonds is 5. The molecule has 1 aliphatic carbocycles. The van der Waals surface area contributed by atoms with Crippen molar-refractivity contribution in [3.8, 4) is 11.3 Å². The summed E-state index contributed by atoms with van der Waals surface area (Å²) < 4.78 is 1.09. The van der Waals surface area contributed by atoms with E-state index in [1.807, 2.05) is 12.1 Å². The van der Waals surface area contributed by atoms with Crippen molar-refractivity contribution in [1.82, 2.24) is 15.3 Å². The van der Waals surface area contributed by atoms with Crippen molar-refractivity contribution in [2.75, 3.05) is 6.54 Å². The number of H-pyrrole nitrogens is 1. The highest BCUT2D eigenvalue weighted by Crippen LogP contribution is 2.24. The summed E-state index contributed by atoms with van der Waals surface area (Å²) in [6.45, 7) is 3.09. The highest BCUT2D eigenvalue weighted by molar-refractivity contribution is 9.10. The summed E-state index contributed by atoms with van der Waals surface area (Å²) in [4.78, 5) is 8.11. The lowest BCUT2D eigenvalue weighted by atomic mass is 10.1. The van der Waals surface area contributed by atoms with E-state index >= 15 is 0 Å². The van der Waals surface area contributed by atoms with E-state index in [1.54, 1.807) is 0 Å². The summed E-state index contributed by atoms with van der Waals surface area (Å²) in [6.07, 6.45) is 3.63. The second-order valence-electron chi connectivity index (χ2n) is 5.15. The molecular formula is C15H18BrN3. The Balaban J connectivity index is 1.72. The molecule has 1 fully saturated rings. The fourth-order valence-electron chi connectivity index (χ4n) is 2.24. The number of imidazole rings is 1. The molecule has 0 unspecified atom stereocenters. The van der Waals surface area contributed by atoms with E-state index in [0.717, 1.165) is 46.3 Å². The number of halogens is 1. The minimum Gasteiger partial charge on any atom is -0.346 e. The second-order valence-corrected chi connectivity index (χ2v) is 6.06. The van der Waals surface area contributed by atoms with Crippen LogP contribution in [0.4, 0.5) is 0 Å². The number of nitrogens with zero attached hydrogens (tertiary/aromatic N) is 1. The quantitative estimate of drug-likeness (QED) is 0.886. The van der Waals surface area contributed by atoms with Gasteiger partial charge in [-0.3, -0.25) is 0 Å². The second kappa shape index (κ2) is 5.47. The molecule has 0 aliphatic heterocycles. The van der Waals surface area contributed by atoms with Gasteiger partial charge < -0.3 is 10.3 Å². The van der Waals surface area contributed by atoms with Crippen LogP contribution in [0.2, 0.25) is 0 Å². The molecule has 0 atom stereocenters. The van der Waals surface area contributed by atoms with E-state index in [2.05, 4.69) is 45.3 Å². The van der Waals surface area contributed by atoms with Crippen LogP contribution in [-0.4, -0.2) is 22.6 Å². The Morgan fingerprint density at radius 2 is 2.26 bits per heavy atom. The predicted molar refractivity (Wildman–Crippen MR) is 81.2 cm³/mol. The van der Waals surface area contributed by atoms with Crippen LogP contribution >= 0.6 is 15.9 Å². The van der Waals surface area contributed by atoms with Gasteiger partial charge in [0.2, 0.25) is 0 Å². The molecule has 0 radical (unpaired) electrons. The molecule has 1 saturated carbocycles. The van der Waals surface area contributed by atoms with Crippen LogP contribution in [0, 0.1) is 6.92 Å². The number of aryl methyl sites for hydroxylation is 1. The van der Waals surface area contributed by atoms with Gasteiger partial charge in [0.05, 0.1) is 5.69 Å². The Morgan fingerprint density at radius 3 is 3.00 bits per heavy atom. The zero-order valence-electron chi connectivity index (χ0n) is 11.0. The molecule has 0 saturated heterocycles. The summed E-state index contributed by atoms with van der Waals surface area (Å²) in [6, 6.07) is 9.05. The third kappa shape index (κ3) is 3.25. The highest BCUT2D eigenvalue weighted by atomic mass is 79.9. The van der Waals surface area contributed by atoms with Gasteiger partial charge in [-0.2, -0.15) is 0 Å². The fraction of sp³-hybridized carbons (Fsp3) is 0.400. The lowest BCUT2D eigenvalue weighted by Crippen LogP contribution is -2.19. The molecule has 2 aromatic rings.